The van der Waals surface area contributed by atoms with Gasteiger partial charge in [-0.1, -0.05) is 53.7 Å². The molecule has 9 rings (SSSR count). The van der Waals surface area contributed by atoms with Crippen LogP contribution in [0.1, 0.15) is 99.8 Å². The Bertz CT molecular complexity index is 1800. The maximum atomic E-state index is 12.2. The fourth-order valence-electron chi connectivity index (χ4n) is 15.8. The Morgan fingerprint density at radius 1 is 0.591 bits per heavy atom. The summed E-state index contributed by atoms with van der Waals surface area (Å²) in [6, 6.07) is 0. The Kier molecular flexibility index (Phi) is 12.9. The lowest BCUT2D eigenvalue weighted by Crippen LogP contribution is -2.81. The van der Waals surface area contributed by atoms with Crippen LogP contribution in [-0.4, -0.2) is 193 Å². The summed E-state index contributed by atoms with van der Waals surface area (Å²) in [6.07, 6.45) is -13.9. The number of fused-ring (bicyclic) bond motifs is 5. The quantitative estimate of drug-likeness (QED) is 0.104. The van der Waals surface area contributed by atoms with Crippen molar-refractivity contribution in [2.75, 3.05) is 26.4 Å². The van der Waals surface area contributed by atoms with Crippen LogP contribution in [0.4, 0.5) is 0 Å². The van der Waals surface area contributed by atoms with Gasteiger partial charge in [-0.2, -0.15) is 0 Å². The van der Waals surface area contributed by atoms with Crippen molar-refractivity contribution in [3.8, 4) is 0 Å². The minimum atomic E-state index is -1.90. The maximum absolute atomic E-state index is 12.2. The molecule has 0 radical (unpaired) electrons. The molecule has 18 heteroatoms. The summed E-state index contributed by atoms with van der Waals surface area (Å²) in [4.78, 5) is 0. The average molecular weight is 943 g/mol. The van der Waals surface area contributed by atoms with E-state index in [2.05, 4.69) is 46.8 Å². The van der Waals surface area contributed by atoms with Crippen molar-refractivity contribution in [1.29, 1.82) is 0 Å². The fraction of sp³-hybridized carbons (Fsp3) is 0.958. The second-order valence-electron chi connectivity index (χ2n) is 23.8. The monoisotopic (exact) mass is 943 g/mol. The Morgan fingerprint density at radius 2 is 1.21 bits per heavy atom. The van der Waals surface area contributed by atoms with Crippen LogP contribution in [-0.2, 0) is 33.2 Å². The summed E-state index contributed by atoms with van der Waals surface area (Å²) in [5.74, 6) is 0.256. The zero-order valence-electron chi connectivity index (χ0n) is 39.5. The number of allylic oxidation sites excluding steroid dienone is 1. The molecule has 0 aromatic carbocycles. The van der Waals surface area contributed by atoms with Gasteiger partial charge in [0.1, 0.15) is 67.1 Å². The van der Waals surface area contributed by atoms with Crippen molar-refractivity contribution in [1.82, 2.24) is 0 Å². The van der Waals surface area contributed by atoms with Gasteiger partial charge in [0.25, 0.3) is 0 Å². The van der Waals surface area contributed by atoms with Gasteiger partial charge in [0.2, 0.25) is 0 Å². The van der Waals surface area contributed by atoms with Crippen LogP contribution in [0.15, 0.2) is 12.2 Å². The molecule has 11 N–H and O–H groups in total. The standard InChI is InChI=1S/C48H78O18/c1-22-30(53)37(65-41-38(34(57)32(55)24(18-50)63-41)66-39-35(58)33(56)31(54)23(17-49)62-39)36(59)40(61-22)64-29-11-12-43(4)25(44(29,5)20-51)10-13-45(6)26(43)8-9-27-46(45,7)16-28(52)47-15-14-42(2,3)19-48(27,47)60-21-47/h8-9,22-41,49-59H,10-21H2,1-7H3/t22?,23?,24?,25?,26?,27?,28?,29?,30?,31?,32?,33?,34?,35?,36?,37?,38?,39?,40?,41?,43-,44-,45+,46+,47-,48+/m0/s1. The Hall–Kier alpha value is -0.980. The molecular weight excluding hydrogens is 865 g/mol. The molecule has 4 saturated heterocycles. The lowest BCUT2D eigenvalue weighted by Gasteiger charge is -2.78. The van der Waals surface area contributed by atoms with Crippen LogP contribution < -0.4 is 0 Å². The fourth-order valence-corrected chi connectivity index (χ4v) is 15.8. The molecule has 26 atom stereocenters. The molecule has 20 unspecified atom stereocenters. The first kappa shape index (κ1) is 50.0. The van der Waals surface area contributed by atoms with Crippen molar-refractivity contribution < 1.29 is 89.3 Å². The second-order valence-corrected chi connectivity index (χ2v) is 23.8. The molecule has 4 heterocycles. The number of hydrogen-bond acceptors (Lipinski definition) is 18. The van der Waals surface area contributed by atoms with Gasteiger partial charge in [0, 0.05) is 16.7 Å². The Balaban J connectivity index is 0.948. The summed E-state index contributed by atoms with van der Waals surface area (Å²) in [5.41, 5.74) is -2.07. The number of hydrogen-bond donors (Lipinski definition) is 11. The summed E-state index contributed by atoms with van der Waals surface area (Å²) in [5, 5.41) is 120. The first-order valence-corrected chi connectivity index (χ1v) is 24.4. The molecule has 18 nitrogen and oxygen atoms in total. The van der Waals surface area contributed by atoms with Gasteiger partial charge in [-0.25, -0.2) is 0 Å². The Labute approximate surface area is 387 Å². The summed E-state index contributed by atoms with van der Waals surface area (Å²) < 4.78 is 43.0. The minimum absolute atomic E-state index is 0.0222. The molecule has 4 saturated carbocycles. The molecule has 0 aromatic rings. The summed E-state index contributed by atoms with van der Waals surface area (Å²) >= 11 is 0. The van der Waals surface area contributed by atoms with E-state index < -0.39 is 129 Å². The molecule has 0 aromatic heterocycles. The van der Waals surface area contributed by atoms with Crippen LogP contribution in [0.2, 0.25) is 0 Å². The number of aliphatic hydroxyl groups excluding tert-OH is 11. The van der Waals surface area contributed by atoms with E-state index in [0.29, 0.717) is 19.4 Å². The highest BCUT2D eigenvalue weighted by molar-refractivity contribution is 5.33. The highest BCUT2D eigenvalue weighted by Crippen LogP contribution is 2.79. The van der Waals surface area contributed by atoms with E-state index >= 15 is 0 Å². The van der Waals surface area contributed by atoms with Crippen LogP contribution >= 0.6 is 0 Å². The van der Waals surface area contributed by atoms with Crippen molar-refractivity contribution in [3.63, 3.8) is 0 Å². The van der Waals surface area contributed by atoms with Gasteiger partial charge >= 0.3 is 0 Å². The highest BCUT2D eigenvalue weighted by Gasteiger charge is 2.79. The molecule has 8 fully saturated rings. The average Bonchev–Trinajstić information content (AvgIpc) is 3.26. The smallest absolute Gasteiger partial charge is 0.187 e. The maximum Gasteiger partial charge on any atom is 0.187 e. The van der Waals surface area contributed by atoms with Crippen LogP contribution in [0.5, 0.6) is 0 Å². The Morgan fingerprint density at radius 3 is 1.85 bits per heavy atom. The second kappa shape index (κ2) is 17.1. The van der Waals surface area contributed by atoms with E-state index in [1.165, 1.54) is 0 Å². The van der Waals surface area contributed by atoms with E-state index in [0.717, 1.165) is 38.5 Å². The van der Waals surface area contributed by atoms with Gasteiger partial charge < -0.3 is 89.3 Å². The number of aliphatic hydroxyl groups is 11. The lowest BCUT2D eigenvalue weighted by molar-refractivity contribution is -0.395. The molecule has 66 heavy (non-hydrogen) atoms. The van der Waals surface area contributed by atoms with Crippen molar-refractivity contribution in [2.45, 2.75) is 210 Å². The van der Waals surface area contributed by atoms with Gasteiger partial charge in [0.05, 0.1) is 50.3 Å². The van der Waals surface area contributed by atoms with E-state index in [-0.39, 0.29) is 51.4 Å². The molecule has 0 bridgehead atoms. The first-order chi connectivity index (χ1) is 30.9. The number of ether oxygens (including phenoxy) is 7. The first-order valence-electron chi connectivity index (χ1n) is 24.4. The zero-order chi connectivity index (χ0) is 47.9. The summed E-state index contributed by atoms with van der Waals surface area (Å²) in [7, 11) is 0. The molecule has 5 aliphatic carbocycles. The van der Waals surface area contributed by atoms with E-state index in [9.17, 15) is 56.2 Å². The van der Waals surface area contributed by atoms with Crippen molar-refractivity contribution >= 4 is 0 Å². The van der Waals surface area contributed by atoms with E-state index in [1.54, 1.807) is 6.92 Å². The van der Waals surface area contributed by atoms with Crippen LogP contribution in [0.25, 0.3) is 0 Å². The third kappa shape index (κ3) is 7.01. The van der Waals surface area contributed by atoms with Crippen LogP contribution in [0.3, 0.4) is 0 Å². The molecular formula is C48H78O18. The molecule has 0 amide bonds. The van der Waals surface area contributed by atoms with Crippen molar-refractivity contribution in [3.05, 3.63) is 12.2 Å². The van der Waals surface area contributed by atoms with Gasteiger partial charge in [0.15, 0.2) is 18.9 Å². The van der Waals surface area contributed by atoms with E-state index in [4.69, 9.17) is 33.2 Å². The predicted octanol–water partition coefficient (Wildman–Crippen LogP) is -0.399. The van der Waals surface area contributed by atoms with E-state index in [1.807, 2.05) is 6.92 Å². The largest absolute Gasteiger partial charge is 0.396 e. The van der Waals surface area contributed by atoms with Gasteiger partial charge in [-0.15, -0.1) is 0 Å². The summed E-state index contributed by atoms with van der Waals surface area (Å²) in [6.45, 7) is 14.3. The van der Waals surface area contributed by atoms with Gasteiger partial charge in [-0.3, -0.25) is 0 Å². The molecule has 9 aliphatic rings. The van der Waals surface area contributed by atoms with Crippen molar-refractivity contribution in [2.24, 2.45) is 50.2 Å². The third-order valence-corrected chi connectivity index (χ3v) is 20.0. The van der Waals surface area contributed by atoms with Crippen LogP contribution in [0, 0.1) is 50.2 Å². The SMILES string of the molecule is CC1OC(OC2CC[C@@]3(C)C(CC[C@]4(C)C3C=CC3[C@@]4(C)CC(O)[C@@]45CCC(C)(C)C[C@@]34OC5)[C@]2(C)CO)C(O)C(OC2OC(CO)C(O)C(O)C2OC2OC(CO)C(O)C(O)C2O)C1O. The normalized spacial score (nSPS) is 58.8. The zero-order valence-corrected chi connectivity index (χ0v) is 39.5. The molecule has 378 valence electrons. The third-order valence-electron chi connectivity index (χ3n) is 20.0. The topological polar surface area (TPSA) is 287 Å². The number of rotatable bonds is 9. The lowest BCUT2D eigenvalue weighted by atomic mass is 9.31. The minimum Gasteiger partial charge on any atom is -0.396 e. The highest BCUT2D eigenvalue weighted by atomic mass is 16.8. The molecule has 0 spiro atoms. The predicted molar refractivity (Wildman–Crippen MR) is 229 cm³/mol. The molecule has 4 aliphatic heterocycles. The van der Waals surface area contributed by atoms with Gasteiger partial charge in [-0.05, 0) is 91.8 Å².